The van der Waals surface area contributed by atoms with Crippen LogP contribution >= 0.6 is 0 Å². The predicted molar refractivity (Wildman–Crippen MR) is 59.9 cm³/mol. The third kappa shape index (κ3) is 3.81. The molecule has 0 aliphatic carbocycles. The van der Waals surface area contributed by atoms with E-state index in [9.17, 15) is 9.59 Å². The monoisotopic (exact) mass is 228 g/mol. The number of ether oxygens (including phenoxy) is 1. The minimum absolute atomic E-state index is 0.0246. The lowest BCUT2D eigenvalue weighted by atomic mass is 9.98. The van der Waals surface area contributed by atoms with Crippen LogP contribution in [0.4, 0.5) is 0 Å². The fourth-order valence-electron chi connectivity index (χ4n) is 2.00. The summed E-state index contributed by atoms with van der Waals surface area (Å²) in [5, 5.41) is 2.59. The van der Waals surface area contributed by atoms with Gasteiger partial charge in [0.25, 0.3) is 0 Å². The number of piperidine rings is 1. The molecule has 92 valence electrons. The van der Waals surface area contributed by atoms with E-state index in [0.29, 0.717) is 19.5 Å². The first kappa shape index (κ1) is 13.0. The summed E-state index contributed by atoms with van der Waals surface area (Å²) in [5.41, 5.74) is 0. The molecular formula is C11H20N2O3. The maximum absolute atomic E-state index is 11.4. The van der Waals surface area contributed by atoms with Gasteiger partial charge in [-0.15, -0.1) is 0 Å². The van der Waals surface area contributed by atoms with Gasteiger partial charge in [0.05, 0.1) is 13.0 Å². The molecule has 0 aromatic rings. The Morgan fingerprint density at radius 1 is 1.50 bits per heavy atom. The van der Waals surface area contributed by atoms with Gasteiger partial charge in [-0.3, -0.25) is 9.59 Å². The van der Waals surface area contributed by atoms with Crippen LogP contribution < -0.4 is 5.32 Å². The van der Waals surface area contributed by atoms with E-state index in [2.05, 4.69) is 10.2 Å². The van der Waals surface area contributed by atoms with E-state index in [4.69, 9.17) is 4.74 Å². The number of esters is 1. The molecule has 1 aliphatic heterocycles. The van der Waals surface area contributed by atoms with Crippen molar-refractivity contribution in [1.82, 2.24) is 10.2 Å². The molecule has 1 atom stereocenters. The maximum atomic E-state index is 11.4. The second-order valence-corrected chi connectivity index (χ2v) is 4.09. The van der Waals surface area contributed by atoms with E-state index >= 15 is 0 Å². The van der Waals surface area contributed by atoms with Crippen LogP contribution in [0.1, 0.15) is 19.3 Å². The normalized spacial score (nSPS) is 21.5. The lowest BCUT2D eigenvalue weighted by Crippen LogP contribution is -2.40. The van der Waals surface area contributed by atoms with Gasteiger partial charge in [0.1, 0.15) is 0 Å². The second kappa shape index (κ2) is 6.48. The molecule has 1 fully saturated rings. The van der Waals surface area contributed by atoms with Crippen LogP contribution in [0.3, 0.4) is 0 Å². The Morgan fingerprint density at radius 3 is 2.88 bits per heavy atom. The number of nitrogens with zero attached hydrogens (tertiary/aromatic N) is 1. The molecule has 1 rings (SSSR count). The van der Waals surface area contributed by atoms with Crippen LogP contribution in [0, 0.1) is 5.92 Å². The summed E-state index contributed by atoms with van der Waals surface area (Å²) in [6.45, 7) is 2.39. The summed E-state index contributed by atoms with van der Waals surface area (Å²) < 4.78 is 4.74. The summed E-state index contributed by atoms with van der Waals surface area (Å²) in [7, 11) is 3.06. The maximum Gasteiger partial charge on any atom is 0.309 e. The number of rotatable bonds is 4. The van der Waals surface area contributed by atoms with Gasteiger partial charge in [0, 0.05) is 26.6 Å². The van der Waals surface area contributed by atoms with Gasteiger partial charge in [0.15, 0.2) is 0 Å². The minimum atomic E-state index is -0.135. The molecule has 0 spiro atoms. The number of carbonyl (C=O) groups excluding carboxylic acids is 2. The molecule has 1 saturated heterocycles. The van der Waals surface area contributed by atoms with Gasteiger partial charge in [0.2, 0.25) is 5.91 Å². The first-order valence-electron chi connectivity index (χ1n) is 5.68. The zero-order valence-corrected chi connectivity index (χ0v) is 9.99. The van der Waals surface area contributed by atoms with Crippen LogP contribution in [0.25, 0.3) is 0 Å². The number of amides is 1. The zero-order valence-electron chi connectivity index (χ0n) is 9.99. The molecule has 1 N–H and O–H groups in total. The molecule has 0 aromatic heterocycles. The van der Waals surface area contributed by atoms with Crippen molar-refractivity contribution in [2.75, 3.05) is 33.8 Å². The second-order valence-electron chi connectivity index (χ2n) is 4.09. The van der Waals surface area contributed by atoms with Crippen molar-refractivity contribution in [1.29, 1.82) is 0 Å². The van der Waals surface area contributed by atoms with Crippen LogP contribution in [0.15, 0.2) is 0 Å². The third-order valence-electron chi connectivity index (χ3n) is 2.97. The van der Waals surface area contributed by atoms with Crippen molar-refractivity contribution in [3.63, 3.8) is 0 Å². The molecular weight excluding hydrogens is 208 g/mol. The number of hydrogen-bond acceptors (Lipinski definition) is 4. The van der Waals surface area contributed by atoms with Gasteiger partial charge in [-0.2, -0.15) is 0 Å². The Labute approximate surface area is 96.1 Å². The van der Waals surface area contributed by atoms with Gasteiger partial charge in [-0.25, -0.2) is 0 Å². The van der Waals surface area contributed by atoms with E-state index in [1.807, 2.05) is 0 Å². The average Bonchev–Trinajstić information content (AvgIpc) is 2.35. The van der Waals surface area contributed by atoms with Crippen molar-refractivity contribution in [2.24, 2.45) is 5.92 Å². The third-order valence-corrected chi connectivity index (χ3v) is 2.97. The molecule has 16 heavy (non-hydrogen) atoms. The van der Waals surface area contributed by atoms with Crippen LogP contribution in [0.2, 0.25) is 0 Å². The fourth-order valence-corrected chi connectivity index (χ4v) is 2.00. The van der Waals surface area contributed by atoms with E-state index in [1.54, 1.807) is 7.05 Å². The standard InChI is InChI=1S/C11H20N2O3/c1-12-10(14)5-7-13-6-3-4-9(8-13)11(15)16-2/h9H,3-8H2,1-2H3,(H,12,14)/t9-/m0/s1. The molecule has 0 bridgehead atoms. The van der Waals surface area contributed by atoms with Crippen LogP contribution in [-0.4, -0.2) is 50.6 Å². The summed E-state index contributed by atoms with van der Waals surface area (Å²) in [4.78, 5) is 24.6. The lowest BCUT2D eigenvalue weighted by molar-refractivity contribution is -0.147. The highest BCUT2D eigenvalue weighted by atomic mass is 16.5. The molecule has 5 nitrogen and oxygen atoms in total. The molecule has 0 unspecified atom stereocenters. The van der Waals surface area contributed by atoms with E-state index in [1.165, 1.54) is 7.11 Å². The van der Waals surface area contributed by atoms with Crippen molar-refractivity contribution in [2.45, 2.75) is 19.3 Å². The van der Waals surface area contributed by atoms with Crippen molar-refractivity contribution in [3.8, 4) is 0 Å². The topological polar surface area (TPSA) is 58.6 Å². The van der Waals surface area contributed by atoms with Gasteiger partial charge < -0.3 is 15.0 Å². The van der Waals surface area contributed by atoms with Gasteiger partial charge >= 0.3 is 5.97 Å². The van der Waals surface area contributed by atoms with Crippen molar-refractivity contribution in [3.05, 3.63) is 0 Å². The number of nitrogens with one attached hydrogen (secondary N) is 1. The minimum Gasteiger partial charge on any atom is -0.469 e. The van der Waals surface area contributed by atoms with Gasteiger partial charge in [-0.05, 0) is 19.4 Å². The molecule has 0 radical (unpaired) electrons. The molecule has 1 aliphatic rings. The predicted octanol–water partition coefficient (Wildman–Crippen LogP) is 0.00750. The number of hydrogen-bond donors (Lipinski definition) is 1. The number of carbonyl (C=O) groups is 2. The van der Waals surface area contributed by atoms with Crippen molar-refractivity contribution < 1.29 is 14.3 Å². The first-order chi connectivity index (χ1) is 7.67. The molecule has 0 aromatic carbocycles. The summed E-state index contributed by atoms with van der Waals surface area (Å²) >= 11 is 0. The highest BCUT2D eigenvalue weighted by Crippen LogP contribution is 2.17. The van der Waals surface area contributed by atoms with E-state index in [-0.39, 0.29) is 17.8 Å². The summed E-state index contributed by atoms with van der Waals surface area (Å²) in [5.74, 6) is -0.117. The van der Waals surface area contributed by atoms with Gasteiger partial charge in [-0.1, -0.05) is 0 Å². The van der Waals surface area contributed by atoms with Crippen LogP contribution in [-0.2, 0) is 14.3 Å². The van der Waals surface area contributed by atoms with E-state index in [0.717, 1.165) is 19.4 Å². The fraction of sp³-hybridized carbons (Fsp3) is 0.818. The van der Waals surface area contributed by atoms with Crippen LogP contribution in [0.5, 0.6) is 0 Å². The summed E-state index contributed by atoms with van der Waals surface area (Å²) in [6.07, 6.45) is 2.38. The largest absolute Gasteiger partial charge is 0.469 e. The Morgan fingerprint density at radius 2 is 2.25 bits per heavy atom. The van der Waals surface area contributed by atoms with Crippen molar-refractivity contribution >= 4 is 11.9 Å². The van der Waals surface area contributed by atoms with E-state index < -0.39 is 0 Å². The number of methoxy groups -OCH3 is 1. The first-order valence-corrected chi connectivity index (χ1v) is 5.68. The Balaban J connectivity index is 2.33. The number of likely N-dealkylation sites (tertiary alicyclic amines) is 1. The molecule has 0 saturated carbocycles. The highest BCUT2D eigenvalue weighted by Gasteiger charge is 2.26. The molecule has 1 amide bonds. The zero-order chi connectivity index (χ0) is 12.0. The Bertz CT molecular complexity index is 256. The molecule has 5 heteroatoms. The smallest absolute Gasteiger partial charge is 0.309 e. The Kier molecular flexibility index (Phi) is 5.25. The molecule has 1 heterocycles. The highest BCUT2D eigenvalue weighted by molar-refractivity contribution is 5.75. The lowest BCUT2D eigenvalue weighted by Gasteiger charge is -2.30. The summed E-state index contributed by atoms with van der Waals surface area (Å²) in [6, 6.07) is 0. The SMILES string of the molecule is CNC(=O)CCN1CCC[C@H](C(=O)OC)C1. The Hall–Kier alpha value is -1.10. The quantitative estimate of drug-likeness (QED) is 0.688. The average molecular weight is 228 g/mol.